The van der Waals surface area contributed by atoms with Crippen LogP contribution in [-0.2, 0) is 11.3 Å². The molecule has 0 fully saturated rings. The summed E-state index contributed by atoms with van der Waals surface area (Å²) in [5.74, 6) is 0. The first kappa shape index (κ1) is 22.2. The van der Waals surface area contributed by atoms with Gasteiger partial charge in [0.25, 0.3) is 0 Å². The molecule has 0 bridgehead atoms. The number of hydrogen-bond acceptors (Lipinski definition) is 5. The van der Waals surface area contributed by atoms with E-state index in [1.807, 2.05) is 56.0 Å². The van der Waals surface area contributed by atoms with Crippen molar-refractivity contribution >= 4 is 33.1 Å². The molecular weight excluding hydrogens is 446 g/mol. The number of nitrogens with one attached hydrogen (secondary N) is 1. The molecule has 1 aromatic carbocycles. The highest BCUT2D eigenvalue weighted by Gasteiger charge is 2.15. The van der Waals surface area contributed by atoms with Gasteiger partial charge >= 0.3 is 6.09 Å². The molecule has 0 aliphatic carbocycles. The molecule has 1 amide bonds. The van der Waals surface area contributed by atoms with Crippen molar-refractivity contribution < 1.29 is 9.53 Å². The molecule has 0 saturated heterocycles. The largest absolute Gasteiger partial charge is 0.444 e. The summed E-state index contributed by atoms with van der Waals surface area (Å²) in [6.45, 7) is 7.07. The third kappa shape index (κ3) is 6.52. The smallest absolute Gasteiger partial charge is 0.407 e. The van der Waals surface area contributed by atoms with Gasteiger partial charge in [-0.3, -0.25) is 9.67 Å². The Bertz CT molecular complexity index is 997. The number of halogens is 1. The molecule has 160 valence electrons. The summed E-state index contributed by atoms with van der Waals surface area (Å²) >= 11 is 3.54. The minimum Gasteiger partial charge on any atom is -0.444 e. The fraction of sp³-hybridized carbons (Fsp3) is 0.455. The average Bonchev–Trinajstić information content (AvgIpc) is 3.15. The lowest BCUT2D eigenvalue weighted by molar-refractivity contribution is 0.0527. The molecule has 1 N–H and O–H groups in total. The molecule has 30 heavy (non-hydrogen) atoms. The Balaban J connectivity index is 1.40. The van der Waals surface area contributed by atoms with Crippen LogP contribution in [0.25, 0.3) is 22.3 Å². The number of unbranched alkanes of at least 4 members (excludes halogenated alkanes) is 3. The number of amides is 1. The van der Waals surface area contributed by atoms with Crippen molar-refractivity contribution in [2.24, 2.45) is 0 Å². The molecule has 3 rings (SSSR count). The van der Waals surface area contributed by atoms with Crippen molar-refractivity contribution in [1.29, 1.82) is 0 Å². The Labute approximate surface area is 185 Å². The van der Waals surface area contributed by atoms with Gasteiger partial charge in [0.2, 0.25) is 0 Å². The Morgan fingerprint density at radius 2 is 1.97 bits per heavy atom. The van der Waals surface area contributed by atoms with E-state index in [4.69, 9.17) is 9.72 Å². The van der Waals surface area contributed by atoms with Crippen molar-refractivity contribution in [3.05, 3.63) is 41.3 Å². The predicted octanol–water partition coefficient (Wildman–Crippen LogP) is 5.34. The number of rotatable bonds is 8. The predicted molar refractivity (Wildman–Crippen MR) is 121 cm³/mol. The zero-order chi connectivity index (χ0) is 21.6. The Kier molecular flexibility index (Phi) is 7.42. The van der Waals surface area contributed by atoms with Gasteiger partial charge in [0.1, 0.15) is 11.1 Å². The number of carbonyl (C=O) groups is 1. The fourth-order valence-corrected chi connectivity index (χ4v) is 3.46. The number of carbonyl (C=O) groups excluding carboxylic acids is 1. The summed E-state index contributed by atoms with van der Waals surface area (Å²) < 4.78 is 8.10. The molecule has 2 aromatic heterocycles. The highest BCUT2D eigenvalue weighted by atomic mass is 79.9. The van der Waals surface area contributed by atoms with Gasteiger partial charge in [0.15, 0.2) is 0 Å². The second-order valence-electron chi connectivity index (χ2n) is 8.20. The molecule has 0 saturated carbocycles. The van der Waals surface area contributed by atoms with Crippen molar-refractivity contribution in [2.45, 2.75) is 58.6 Å². The van der Waals surface area contributed by atoms with Crippen LogP contribution >= 0.6 is 15.9 Å². The normalized spacial score (nSPS) is 11.6. The standard InChI is InChI=1S/C22H28BrN5O2/c1-22(2,3)30-21(29)24-11-6-4-5-7-12-28-15-16(13-26-28)19-14-25-18-10-8-9-17(23)20(18)27-19/h8-10,13-15H,4-7,11-12H2,1-3H3,(H,24,29). The second kappa shape index (κ2) is 10.0. The van der Waals surface area contributed by atoms with Gasteiger partial charge in [0, 0.05) is 29.3 Å². The lowest BCUT2D eigenvalue weighted by atomic mass is 10.2. The van der Waals surface area contributed by atoms with Crippen LogP contribution in [0.15, 0.2) is 41.3 Å². The van der Waals surface area contributed by atoms with Crippen LogP contribution in [-0.4, -0.2) is 38.0 Å². The Morgan fingerprint density at radius 3 is 2.77 bits per heavy atom. The first-order valence-corrected chi connectivity index (χ1v) is 11.0. The first-order valence-electron chi connectivity index (χ1n) is 10.2. The van der Waals surface area contributed by atoms with Crippen molar-refractivity contribution in [3.8, 4) is 11.3 Å². The van der Waals surface area contributed by atoms with Crippen LogP contribution < -0.4 is 5.32 Å². The Hall–Kier alpha value is -2.48. The Morgan fingerprint density at radius 1 is 1.17 bits per heavy atom. The van der Waals surface area contributed by atoms with E-state index in [0.717, 1.165) is 59.0 Å². The maximum Gasteiger partial charge on any atom is 0.407 e. The van der Waals surface area contributed by atoms with Gasteiger partial charge in [-0.05, 0) is 61.7 Å². The average molecular weight is 474 g/mol. The number of nitrogens with zero attached hydrogens (tertiary/aromatic N) is 4. The minimum atomic E-state index is -0.457. The number of benzene rings is 1. The molecule has 0 aliphatic heterocycles. The zero-order valence-electron chi connectivity index (χ0n) is 17.7. The van der Waals surface area contributed by atoms with E-state index >= 15 is 0 Å². The molecule has 0 unspecified atom stereocenters. The fourth-order valence-electron chi connectivity index (χ4n) is 3.01. The maximum atomic E-state index is 11.6. The second-order valence-corrected chi connectivity index (χ2v) is 9.05. The topological polar surface area (TPSA) is 81.9 Å². The summed E-state index contributed by atoms with van der Waals surface area (Å²) in [4.78, 5) is 20.8. The number of aryl methyl sites for hydroxylation is 1. The molecule has 0 atom stereocenters. The van der Waals surface area contributed by atoms with Gasteiger partial charge in [-0.1, -0.05) is 18.9 Å². The zero-order valence-corrected chi connectivity index (χ0v) is 19.3. The first-order chi connectivity index (χ1) is 14.3. The molecular formula is C22H28BrN5O2. The molecule has 7 nitrogen and oxygen atoms in total. The van der Waals surface area contributed by atoms with Gasteiger partial charge in [-0.25, -0.2) is 9.78 Å². The molecule has 2 heterocycles. The van der Waals surface area contributed by atoms with Crippen molar-refractivity contribution in [1.82, 2.24) is 25.1 Å². The number of para-hydroxylation sites is 1. The van der Waals surface area contributed by atoms with E-state index in [-0.39, 0.29) is 6.09 Å². The quantitative estimate of drug-likeness (QED) is 0.446. The summed E-state index contributed by atoms with van der Waals surface area (Å²) in [5.41, 5.74) is 3.03. The third-order valence-electron chi connectivity index (χ3n) is 4.43. The molecule has 3 aromatic rings. The SMILES string of the molecule is CC(C)(C)OC(=O)NCCCCCCn1cc(-c2cnc3cccc(Br)c3n2)cn1. The number of fused-ring (bicyclic) bond motifs is 1. The monoisotopic (exact) mass is 473 g/mol. The van der Waals surface area contributed by atoms with E-state index in [2.05, 4.69) is 31.3 Å². The third-order valence-corrected chi connectivity index (χ3v) is 5.07. The maximum absolute atomic E-state index is 11.6. The van der Waals surface area contributed by atoms with Crippen LogP contribution in [0.1, 0.15) is 46.5 Å². The van der Waals surface area contributed by atoms with Crippen LogP contribution in [0, 0.1) is 0 Å². The van der Waals surface area contributed by atoms with Crippen LogP contribution in [0.3, 0.4) is 0 Å². The summed E-state index contributed by atoms with van der Waals surface area (Å²) in [6, 6.07) is 5.86. The van der Waals surface area contributed by atoms with Crippen molar-refractivity contribution in [2.75, 3.05) is 6.54 Å². The van der Waals surface area contributed by atoms with Crippen LogP contribution in [0.2, 0.25) is 0 Å². The minimum absolute atomic E-state index is 0.351. The van der Waals surface area contributed by atoms with Gasteiger partial charge < -0.3 is 10.1 Å². The van der Waals surface area contributed by atoms with Crippen molar-refractivity contribution in [3.63, 3.8) is 0 Å². The van der Waals surface area contributed by atoms with E-state index in [9.17, 15) is 4.79 Å². The summed E-state index contributed by atoms with van der Waals surface area (Å²) in [7, 11) is 0. The lowest BCUT2D eigenvalue weighted by Gasteiger charge is -2.19. The number of hydrogen-bond donors (Lipinski definition) is 1. The van der Waals surface area contributed by atoms with E-state index in [1.54, 1.807) is 6.20 Å². The number of aromatic nitrogens is 4. The van der Waals surface area contributed by atoms with Gasteiger partial charge in [-0.15, -0.1) is 0 Å². The molecule has 0 radical (unpaired) electrons. The van der Waals surface area contributed by atoms with E-state index in [1.165, 1.54) is 0 Å². The summed E-state index contributed by atoms with van der Waals surface area (Å²) in [6.07, 6.45) is 9.37. The summed E-state index contributed by atoms with van der Waals surface area (Å²) in [5, 5.41) is 7.24. The lowest BCUT2D eigenvalue weighted by Crippen LogP contribution is -2.32. The highest BCUT2D eigenvalue weighted by molar-refractivity contribution is 9.10. The van der Waals surface area contributed by atoms with Gasteiger partial charge in [0.05, 0.1) is 23.6 Å². The molecule has 0 aliphatic rings. The van der Waals surface area contributed by atoms with Crippen LogP contribution in [0.4, 0.5) is 4.79 Å². The number of alkyl carbamates (subject to hydrolysis) is 1. The molecule has 8 heteroatoms. The van der Waals surface area contributed by atoms with E-state index < -0.39 is 5.60 Å². The molecule has 0 spiro atoms. The number of ether oxygens (including phenoxy) is 1. The van der Waals surface area contributed by atoms with E-state index in [0.29, 0.717) is 6.54 Å². The van der Waals surface area contributed by atoms with Gasteiger partial charge in [-0.2, -0.15) is 5.10 Å². The highest BCUT2D eigenvalue weighted by Crippen LogP contribution is 2.24. The van der Waals surface area contributed by atoms with Crippen LogP contribution in [0.5, 0.6) is 0 Å².